The van der Waals surface area contributed by atoms with Crippen LogP contribution in [-0.2, 0) is 0 Å². The van der Waals surface area contributed by atoms with Gasteiger partial charge in [-0.05, 0) is 23.1 Å². The van der Waals surface area contributed by atoms with E-state index in [4.69, 9.17) is 5.73 Å². The van der Waals surface area contributed by atoms with Crippen molar-refractivity contribution in [3.05, 3.63) is 69.6 Å². The van der Waals surface area contributed by atoms with Gasteiger partial charge < -0.3 is 16.0 Å². The topological polar surface area (TPSA) is 88.0 Å². The van der Waals surface area contributed by atoms with Crippen LogP contribution in [0.15, 0.2) is 47.4 Å². The average Bonchev–Trinajstić information content (AvgIpc) is 2.52. The number of benzene rings is 1. The summed E-state index contributed by atoms with van der Waals surface area (Å²) in [5.41, 5.74) is 8.34. The van der Waals surface area contributed by atoms with E-state index in [2.05, 4.69) is 36.3 Å². The minimum Gasteiger partial charge on any atom is -0.350 e. The fourth-order valence-corrected chi connectivity index (χ4v) is 2.14. The van der Waals surface area contributed by atoms with Gasteiger partial charge in [-0.3, -0.25) is 9.59 Å². The lowest BCUT2D eigenvalue weighted by molar-refractivity contribution is 0.0951. The van der Waals surface area contributed by atoms with Gasteiger partial charge in [-0.15, -0.1) is 0 Å². The Morgan fingerprint density at radius 1 is 1.18 bits per heavy atom. The van der Waals surface area contributed by atoms with Crippen molar-refractivity contribution in [3.8, 4) is 0 Å². The van der Waals surface area contributed by atoms with Crippen LogP contribution in [0.3, 0.4) is 0 Å². The Morgan fingerprint density at radius 3 is 2.41 bits per heavy atom. The van der Waals surface area contributed by atoms with Crippen molar-refractivity contribution >= 4 is 5.91 Å². The minimum atomic E-state index is -0.305. The zero-order valence-corrected chi connectivity index (χ0v) is 12.8. The highest BCUT2D eigenvalue weighted by Crippen LogP contribution is 2.17. The van der Waals surface area contributed by atoms with Gasteiger partial charge in [0.25, 0.3) is 5.91 Å². The van der Waals surface area contributed by atoms with Gasteiger partial charge in [0.1, 0.15) is 0 Å². The largest absolute Gasteiger partial charge is 0.350 e. The molecule has 1 heterocycles. The van der Waals surface area contributed by atoms with Crippen LogP contribution < -0.4 is 16.6 Å². The lowest BCUT2D eigenvalue weighted by Crippen LogP contribution is -2.32. The lowest BCUT2D eigenvalue weighted by Gasteiger charge is -2.14. The minimum absolute atomic E-state index is 0.285. The summed E-state index contributed by atoms with van der Waals surface area (Å²) >= 11 is 0. The van der Waals surface area contributed by atoms with Crippen LogP contribution in [0.1, 0.15) is 47.3 Å². The highest BCUT2D eigenvalue weighted by Gasteiger charge is 2.10. The molecule has 22 heavy (non-hydrogen) atoms. The quantitative estimate of drug-likeness (QED) is 0.788. The standard InChI is InChI=1S/C17H21N3O2/c1-11(2)12-3-5-13(6-4-12)15(18)10-20-17(22)14-7-8-19-16(21)9-14/h3-9,11,15H,10,18H2,1-2H3,(H,19,21)(H,20,22). The Morgan fingerprint density at radius 2 is 1.82 bits per heavy atom. The predicted molar refractivity (Wildman–Crippen MR) is 86.9 cm³/mol. The van der Waals surface area contributed by atoms with Crippen LogP contribution >= 0.6 is 0 Å². The molecule has 0 aliphatic rings. The first-order valence-corrected chi connectivity index (χ1v) is 7.29. The molecule has 0 fully saturated rings. The summed E-state index contributed by atoms with van der Waals surface area (Å²) in [6, 6.07) is 10.6. The Labute approximate surface area is 129 Å². The maximum atomic E-state index is 12.0. The van der Waals surface area contributed by atoms with E-state index in [1.807, 2.05) is 12.1 Å². The van der Waals surface area contributed by atoms with Crippen LogP contribution in [0.2, 0.25) is 0 Å². The van der Waals surface area contributed by atoms with E-state index in [1.165, 1.54) is 17.8 Å². The zero-order chi connectivity index (χ0) is 16.1. The van der Waals surface area contributed by atoms with E-state index >= 15 is 0 Å². The van der Waals surface area contributed by atoms with Gasteiger partial charge >= 0.3 is 0 Å². The van der Waals surface area contributed by atoms with Gasteiger partial charge in [0.2, 0.25) is 5.56 Å². The van der Waals surface area contributed by atoms with Crippen LogP contribution in [0.4, 0.5) is 0 Å². The number of aromatic nitrogens is 1. The van der Waals surface area contributed by atoms with E-state index < -0.39 is 0 Å². The van der Waals surface area contributed by atoms with Gasteiger partial charge in [-0.25, -0.2) is 0 Å². The third kappa shape index (κ3) is 4.05. The van der Waals surface area contributed by atoms with E-state index in [1.54, 1.807) is 6.07 Å². The Bertz CT molecular complexity index is 690. The number of nitrogens with two attached hydrogens (primary N) is 1. The molecule has 0 radical (unpaired) electrons. The first-order chi connectivity index (χ1) is 10.5. The molecule has 0 aliphatic heterocycles. The summed E-state index contributed by atoms with van der Waals surface area (Å²) in [5, 5.41) is 2.75. The molecule has 4 N–H and O–H groups in total. The maximum Gasteiger partial charge on any atom is 0.251 e. The van der Waals surface area contributed by atoms with Crippen LogP contribution in [0, 0.1) is 0 Å². The van der Waals surface area contributed by atoms with Gasteiger partial charge in [-0.2, -0.15) is 0 Å². The molecule has 1 atom stereocenters. The lowest BCUT2D eigenvalue weighted by atomic mass is 9.99. The molecule has 1 amide bonds. The molecule has 0 aliphatic carbocycles. The van der Waals surface area contributed by atoms with E-state index in [0.29, 0.717) is 18.0 Å². The summed E-state index contributed by atoms with van der Waals surface area (Å²) < 4.78 is 0. The van der Waals surface area contributed by atoms with Gasteiger partial charge in [-0.1, -0.05) is 38.1 Å². The Hall–Kier alpha value is -2.40. The van der Waals surface area contributed by atoms with Gasteiger partial charge in [0, 0.05) is 30.4 Å². The molecule has 0 spiro atoms. The fourth-order valence-electron chi connectivity index (χ4n) is 2.14. The summed E-state index contributed by atoms with van der Waals surface area (Å²) in [6.45, 7) is 4.58. The Kier molecular flexibility index (Phi) is 5.12. The Balaban J connectivity index is 1.96. The van der Waals surface area contributed by atoms with Crippen LogP contribution in [-0.4, -0.2) is 17.4 Å². The highest BCUT2D eigenvalue weighted by atomic mass is 16.2. The van der Waals surface area contributed by atoms with Crippen LogP contribution in [0.25, 0.3) is 0 Å². The normalized spacial score (nSPS) is 12.2. The second kappa shape index (κ2) is 7.04. The zero-order valence-electron chi connectivity index (χ0n) is 12.8. The number of H-pyrrole nitrogens is 1. The first kappa shape index (κ1) is 16.0. The molecular weight excluding hydrogens is 278 g/mol. The second-order valence-corrected chi connectivity index (χ2v) is 5.58. The number of carbonyl (C=O) groups is 1. The molecule has 116 valence electrons. The third-order valence-electron chi connectivity index (χ3n) is 3.55. The van der Waals surface area contributed by atoms with Crippen LogP contribution in [0.5, 0.6) is 0 Å². The summed E-state index contributed by atoms with van der Waals surface area (Å²) in [5.74, 6) is 0.168. The van der Waals surface area contributed by atoms with Crippen molar-refractivity contribution < 1.29 is 4.79 Å². The second-order valence-electron chi connectivity index (χ2n) is 5.58. The van der Waals surface area contributed by atoms with Gasteiger partial charge in [0.05, 0.1) is 0 Å². The highest BCUT2D eigenvalue weighted by molar-refractivity contribution is 5.93. The van der Waals surface area contributed by atoms with Crippen molar-refractivity contribution in [2.24, 2.45) is 5.73 Å². The van der Waals surface area contributed by atoms with Crippen molar-refractivity contribution in [3.63, 3.8) is 0 Å². The summed E-state index contributed by atoms with van der Waals surface area (Å²) in [7, 11) is 0. The van der Waals surface area contributed by atoms with Gasteiger partial charge in [0.15, 0.2) is 0 Å². The summed E-state index contributed by atoms with van der Waals surface area (Å²) in [4.78, 5) is 25.6. The van der Waals surface area contributed by atoms with Crippen molar-refractivity contribution in [1.29, 1.82) is 0 Å². The number of amides is 1. The molecule has 2 aromatic rings. The molecule has 5 heteroatoms. The number of carbonyl (C=O) groups excluding carboxylic acids is 1. The first-order valence-electron chi connectivity index (χ1n) is 7.29. The van der Waals surface area contributed by atoms with E-state index in [0.717, 1.165) is 5.56 Å². The molecule has 0 bridgehead atoms. The molecular formula is C17H21N3O2. The number of nitrogens with one attached hydrogen (secondary N) is 2. The molecule has 5 nitrogen and oxygen atoms in total. The number of aromatic amines is 1. The maximum absolute atomic E-state index is 12.0. The number of hydrogen-bond acceptors (Lipinski definition) is 3. The average molecular weight is 299 g/mol. The van der Waals surface area contributed by atoms with E-state index in [-0.39, 0.29) is 17.5 Å². The molecule has 1 aromatic carbocycles. The predicted octanol–water partition coefficient (Wildman–Crippen LogP) is 1.93. The molecule has 1 unspecified atom stereocenters. The number of hydrogen-bond donors (Lipinski definition) is 3. The third-order valence-corrected chi connectivity index (χ3v) is 3.55. The number of pyridine rings is 1. The monoisotopic (exact) mass is 299 g/mol. The SMILES string of the molecule is CC(C)c1ccc(C(N)CNC(=O)c2cc[nH]c(=O)c2)cc1. The molecule has 1 aromatic heterocycles. The molecule has 0 saturated carbocycles. The van der Waals surface area contributed by atoms with Crippen molar-refractivity contribution in [2.45, 2.75) is 25.8 Å². The smallest absolute Gasteiger partial charge is 0.251 e. The molecule has 0 saturated heterocycles. The van der Waals surface area contributed by atoms with E-state index in [9.17, 15) is 9.59 Å². The molecule has 2 rings (SSSR count). The fraction of sp³-hybridized carbons (Fsp3) is 0.294. The summed E-state index contributed by atoms with van der Waals surface area (Å²) in [6.07, 6.45) is 1.45. The van der Waals surface area contributed by atoms with Crippen molar-refractivity contribution in [2.75, 3.05) is 6.54 Å². The number of rotatable bonds is 5. The van der Waals surface area contributed by atoms with Crippen molar-refractivity contribution in [1.82, 2.24) is 10.3 Å².